The zero-order valence-corrected chi connectivity index (χ0v) is 14.5. The third-order valence-corrected chi connectivity index (χ3v) is 4.74. The van der Waals surface area contributed by atoms with Crippen LogP contribution in [0.3, 0.4) is 0 Å². The monoisotopic (exact) mass is 333 g/mol. The number of nitrogens with zero attached hydrogens (tertiary/aromatic N) is 2. The van der Waals surface area contributed by atoms with Crippen LogP contribution < -0.4 is 11.1 Å². The van der Waals surface area contributed by atoms with E-state index in [2.05, 4.69) is 57.5 Å². The minimum atomic E-state index is 0.426. The molecule has 0 spiro atoms. The fraction of sp³-hybridized carbons (Fsp3) is 0.300. The average molecular weight is 333 g/mol. The lowest BCUT2D eigenvalue weighted by Gasteiger charge is -2.19. The molecule has 0 fully saturated rings. The predicted octanol–water partition coefficient (Wildman–Crippen LogP) is 3.68. The molecule has 0 aliphatic heterocycles. The SMILES string of the molecule is Cc1ccc2nc(CN=C(N)Nc3cccc4c3CCCC4)[nH]c2c1. The Balaban J connectivity index is 1.50. The van der Waals surface area contributed by atoms with E-state index in [1.54, 1.807) is 0 Å². The van der Waals surface area contributed by atoms with Crippen molar-refractivity contribution in [2.24, 2.45) is 10.7 Å². The van der Waals surface area contributed by atoms with Crippen LogP contribution in [-0.4, -0.2) is 15.9 Å². The summed E-state index contributed by atoms with van der Waals surface area (Å²) in [5.74, 6) is 1.25. The maximum atomic E-state index is 6.10. The van der Waals surface area contributed by atoms with Gasteiger partial charge in [-0.15, -0.1) is 0 Å². The summed E-state index contributed by atoms with van der Waals surface area (Å²) in [5.41, 5.74) is 13.2. The minimum Gasteiger partial charge on any atom is -0.370 e. The van der Waals surface area contributed by atoms with Gasteiger partial charge >= 0.3 is 0 Å². The predicted molar refractivity (Wildman–Crippen MR) is 103 cm³/mol. The van der Waals surface area contributed by atoms with Gasteiger partial charge in [-0.25, -0.2) is 9.98 Å². The fourth-order valence-electron chi connectivity index (χ4n) is 3.49. The first-order valence-electron chi connectivity index (χ1n) is 8.82. The molecule has 1 aromatic heterocycles. The first-order chi connectivity index (χ1) is 12.2. The summed E-state index contributed by atoms with van der Waals surface area (Å²) in [5, 5.41) is 3.27. The maximum absolute atomic E-state index is 6.10. The lowest BCUT2D eigenvalue weighted by molar-refractivity contribution is 0.687. The van der Waals surface area contributed by atoms with Crippen LogP contribution in [-0.2, 0) is 19.4 Å². The number of fused-ring (bicyclic) bond motifs is 2. The second-order valence-electron chi connectivity index (χ2n) is 6.68. The van der Waals surface area contributed by atoms with Crippen molar-refractivity contribution in [1.29, 1.82) is 0 Å². The number of nitrogens with one attached hydrogen (secondary N) is 2. The van der Waals surface area contributed by atoms with Crippen LogP contribution in [0.15, 0.2) is 41.4 Å². The van der Waals surface area contributed by atoms with E-state index in [9.17, 15) is 0 Å². The molecular formula is C20H23N5. The van der Waals surface area contributed by atoms with Gasteiger partial charge in [-0.3, -0.25) is 0 Å². The molecule has 1 aliphatic carbocycles. The molecule has 5 nitrogen and oxygen atoms in total. The summed E-state index contributed by atoms with van der Waals surface area (Å²) in [6.45, 7) is 2.50. The number of hydrogen-bond donors (Lipinski definition) is 3. The van der Waals surface area contributed by atoms with Crippen molar-refractivity contribution >= 4 is 22.7 Å². The quantitative estimate of drug-likeness (QED) is 0.505. The van der Waals surface area contributed by atoms with E-state index in [1.807, 2.05) is 6.07 Å². The summed E-state index contributed by atoms with van der Waals surface area (Å²) in [6.07, 6.45) is 4.77. The van der Waals surface area contributed by atoms with Crippen molar-refractivity contribution in [2.75, 3.05) is 5.32 Å². The van der Waals surface area contributed by atoms with Gasteiger partial charge < -0.3 is 16.0 Å². The molecule has 25 heavy (non-hydrogen) atoms. The molecule has 0 saturated carbocycles. The van der Waals surface area contributed by atoms with Gasteiger partial charge in [0.05, 0.1) is 11.0 Å². The zero-order chi connectivity index (χ0) is 17.2. The molecule has 1 heterocycles. The fourth-order valence-corrected chi connectivity index (χ4v) is 3.49. The molecule has 128 valence electrons. The van der Waals surface area contributed by atoms with Crippen molar-refractivity contribution in [3.05, 3.63) is 58.9 Å². The molecule has 4 N–H and O–H groups in total. The Morgan fingerprint density at radius 2 is 2.12 bits per heavy atom. The van der Waals surface area contributed by atoms with Crippen molar-refractivity contribution < 1.29 is 0 Å². The van der Waals surface area contributed by atoms with Crippen molar-refractivity contribution in [3.8, 4) is 0 Å². The Bertz CT molecular complexity index is 938. The highest BCUT2D eigenvalue weighted by atomic mass is 15.1. The molecule has 0 unspecified atom stereocenters. The number of nitrogens with two attached hydrogens (primary N) is 1. The zero-order valence-electron chi connectivity index (χ0n) is 14.5. The van der Waals surface area contributed by atoms with Gasteiger partial charge in [0.15, 0.2) is 5.96 Å². The Labute approximate surface area is 147 Å². The lowest BCUT2D eigenvalue weighted by atomic mass is 9.90. The molecule has 4 rings (SSSR count). The van der Waals surface area contributed by atoms with Gasteiger partial charge in [0.1, 0.15) is 12.4 Å². The van der Waals surface area contributed by atoms with Crippen LogP contribution in [0.25, 0.3) is 11.0 Å². The summed E-state index contributed by atoms with van der Waals surface area (Å²) in [4.78, 5) is 12.3. The summed E-state index contributed by atoms with van der Waals surface area (Å²) < 4.78 is 0. The van der Waals surface area contributed by atoms with E-state index in [0.29, 0.717) is 12.5 Å². The number of anilines is 1. The van der Waals surface area contributed by atoms with E-state index in [1.165, 1.54) is 29.5 Å². The van der Waals surface area contributed by atoms with Crippen molar-refractivity contribution in [3.63, 3.8) is 0 Å². The molecule has 0 amide bonds. The van der Waals surface area contributed by atoms with Crippen LogP contribution in [0.1, 0.15) is 35.4 Å². The Morgan fingerprint density at radius 1 is 1.24 bits per heavy atom. The molecule has 1 aliphatic rings. The Hall–Kier alpha value is -2.82. The summed E-state index contributed by atoms with van der Waals surface area (Å²) >= 11 is 0. The molecule has 0 bridgehead atoms. The van der Waals surface area contributed by atoms with E-state index >= 15 is 0 Å². The van der Waals surface area contributed by atoms with Crippen LogP contribution in [0.5, 0.6) is 0 Å². The van der Waals surface area contributed by atoms with Crippen LogP contribution in [0.2, 0.25) is 0 Å². The number of aromatic nitrogens is 2. The first kappa shape index (κ1) is 15.7. The highest BCUT2D eigenvalue weighted by molar-refractivity contribution is 5.93. The largest absolute Gasteiger partial charge is 0.370 e. The number of hydrogen-bond acceptors (Lipinski definition) is 2. The van der Waals surface area contributed by atoms with Crippen LogP contribution in [0, 0.1) is 6.92 Å². The molecule has 0 atom stereocenters. The second-order valence-corrected chi connectivity index (χ2v) is 6.68. The molecule has 3 aromatic rings. The van der Waals surface area contributed by atoms with Gasteiger partial charge in [-0.05, 0) is 67.5 Å². The van der Waals surface area contributed by atoms with E-state index in [4.69, 9.17) is 5.73 Å². The van der Waals surface area contributed by atoms with Crippen molar-refractivity contribution in [2.45, 2.75) is 39.2 Å². The molecular weight excluding hydrogens is 310 g/mol. The van der Waals surface area contributed by atoms with Gasteiger partial charge in [0, 0.05) is 5.69 Å². The lowest BCUT2D eigenvalue weighted by Crippen LogP contribution is -2.24. The van der Waals surface area contributed by atoms with Gasteiger partial charge in [0.2, 0.25) is 0 Å². The van der Waals surface area contributed by atoms with Crippen molar-refractivity contribution in [1.82, 2.24) is 9.97 Å². The summed E-state index contributed by atoms with van der Waals surface area (Å²) in [6, 6.07) is 12.5. The number of imidazole rings is 1. The molecule has 0 saturated heterocycles. The number of benzene rings is 2. The number of aromatic amines is 1. The highest BCUT2D eigenvalue weighted by Crippen LogP contribution is 2.27. The normalized spacial score (nSPS) is 14.5. The molecule has 2 aromatic carbocycles. The highest BCUT2D eigenvalue weighted by Gasteiger charge is 2.13. The van der Waals surface area contributed by atoms with Crippen LogP contribution in [0.4, 0.5) is 5.69 Å². The smallest absolute Gasteiger partial charge is 0.193 e. The number of guanidine groups is 1. The minimum absolute atomic E-state index is 0.426. The van der Waals surface area contributed by atoms with Gasteiger partial charge in [-0.2, -0.15) is 0 Å². The number of H-pyrrole nitrogens is 1. The first-order valence-corrected chi connectivity index (χ1v) is 8.82. The molecule has 0 radical (unpaired) electrons. The maximum Gasteiger partial charge on any atom is 0.193 e. The molecule has 5 heteroatoms. The standard InChI is InChI=1S/C20H23N5/c1-13-9-10-17-18(11-13)24-19(23-17)12-22-20(21)25-16-8-4-6-14-5-2-3-7-15(14)16/h4,6,8-11H,2-3,5,7,12H2,1H3,(H,23,24)(H3,21,22,25). The average Bonchev–Trinajstić information content (AvgIpc) is 3.02. The number of aryl methyl sites for hydroxylation is 2. The second kappa shape index (κ2) is 6.59. The third kappa shape index (κ3) is 3.36. The summed E-state index contributed by atoms with van der Waals surface area (Å²) in [7, 11) is 0. The van der Waals surface area contributed by atoms with Gasteiger partial charge in [0.25, 0.3) is 0 Å². The van der Waals surface area contributed by atoms with E-state index < -0.39 is 0 Å². The van der Waals surface area contributed by atoms with E-state index in [0.717, 1.165) is 35.4 Å². The van der Waals surface area contributed by atoms with E-state index in [-0.39, 0.29) is 0 Å². The Morgan fingerprint density at radius 3 is 3.04 bits per heavy atom. The number of rotatable bonds is 3. The van der Waals surface area contributed by atoms with Gasteiger partial charge in [-0.1, -0.05) is 18.2 Å². The third-order valence-electron chi connectivity index (χ3n) is 4.74. The topological polar surface area (TPSA) is 79.1 Å². The van der Waals surface area contributed by atoms with Crippen LogP contribution >= 0.6 is 0 Å². The number of aliphatic imine (C=N–C) groups is 1. The Kier molecular flexibility index (Phi) is 4.14.